The summed E-state index contributed by atoms with van der Waals surface area (Å²) in [5, 5.41) is 3.09. The number of piperidine rings is 1. The Hall–Kier alpha value is -2.03. The van der Waals surface area contributed by atoms with E-state index < -0.39 is 10.0 Å². The maximum Gasteiger partial charge on any atom is 0.222 e. The molecular formula is C21H25N3O3S2. The van der Waals surface area contributed by atoms with Gasteiger partial charge in [0.25, 0.3) is 0 Å². The monoisotopic (exact) mass is 431 g/mol. The van der Waals surface area contributed by atoms with E-state index in [9.17, 15) is 13.2 Å². The number of carbonyl (C=O) groups excluding carboxylic acids is 1. The molecule has 2 aliphatic rings. The summed E-state index contributed by atoms with van der Waals surface area (Å²) >= 11 is 1.76. The molecule has 0 aliphatic carbocycles. The van der Waals surface area contributed by atoms with Gasteiger partial charge in [-0.25, -0.2) is 12.7 Å². The van der Waals surface area contributed by atoms with Gasteiger partial charge in [0, 0.05) is 41.9 Å². The Morgan fingerprint density at radius 1 is 1.03 bits per heavy atom. The summed E-state index contributed by atoms with van der Waals surface area (Å²) in [5.74, 6) is 0.0102. The minimum absolute atomic E-state index is 0.0102. The van der Waals surface area contributed by atoms with Crippen LogP contribution in [-0.2, 0) is 14.8 Å². The van der Waals surface area contributed by atoms with Crippen molar-refractivity contribution in [3.05, 3.63) is 48.5 Å². The van der Waals surface area contributed by atoms with Gasteiger partial charge in [-0.2, -0.15) is 0 Å². The summed E-state index contributed by atoms with van der Waals surface area (Å²) in [7, 11) is -3.15. The van der Waals surface area contributed by atoms with Crippen LogP contribution in [0.25, 0.3) is 0 Å². The van der Waals surface area contributed by atoms with Gasteiger partial charge in [0.15, 0.2) is 0 Å². The van der Waals surface area contributed by atoms with Crippen LogP contribution in [0.2, 0.25) is 0 Å². The molecule has 8 heteroatoms. The van der Waals surface area contributed by atoms with Crippen molar-refractivity contribution in [1.82, 2.24) is 9.62 Å². The largest absolute Gasteiger partial charge is 0.353 e. The molecular weight excluding hydrogens is 406 g/mol. The normalized spacial score (nSPS) is 17.5. The van der Waals surface area contributed by atoms with E-state index in [1.54, 1.807) is 11.8 Å². The van der Waals surface area contributed by atoms with Crippen LogP contribution in [0.3, 0.4) is 0 Å². The van der Waals surface area contributed by atoms with Crippen molar-refractivity contribution < 1.29 is 13.2 Å². The number of carbonyl (C=O) groups is 1. The van der Waals surface area contributed by atoms with Crippen molar-refractivity contribution in [2.45, 2.75) is 35.1 Å². The van der Waals surface area contributed by atoms with Crippen LogP contribution in [0.15, 0.2) is 58.3 Å². The molecule has 6 nitrogen and oxygen atoms in total. The minimum Gasteiger partial charge on any atom is -0.353 e. The molecule has 0 unspecified atom stereocenters. The van der Waals surface area contributed by atoms with Gasteiger partial charge in [0.2, 0.25) is 15.9 Å². The number of nitrogens with zero attached hydrogens (tertiary/aromatic N) is 2. The first-order valence-corrected chi connectivity index (χ1v) is 12.5. The number of nitrogens with one attached hydrogen (secondary N) is 1. The van der Waals surface area contributed by atoms with E-state index in [-0.39, 0.29) is 11.9 Å². The molecule has 0 radical (unpaired) electrons. The first-order chi connectivity index (χ1) is 13.9. The van der Waals surface area contributed by atoms with Gasteiger partial charge in [0.05, 0.1) is 17.6 Å². The lowest BCUT2D eigenvalue weighted by Gasteiger charge is -2.33. The van der Waals surface area contributed by atoms with Gasteiger partial charge in [-0.1, -0.05) is 36.0 Å². The SMILES string of the molecule is CS(=O)(=O)N1CCC(NC(=O)CCN2c3ccccc3Sc3ccccc32)CC1. The average molecular weight is 432 g/mol. The van der Waals surface area contributed by atoms with Crippen LogP contribution < -0.4 is 10.2 Å². The zero-order valence-corrected chi connectivity index (χ0v) is 18.0. The quantitative estimate of drug-likeness (QED) is 0.787. The van der Waals surface area contributed by atoms with E-state index >= 15 is 0 Å². The topological polar surface area (TPSA) is 69.7 Å². The molecule has 2 aromatic rings. The molecule has 1 amide bonds. The van der Waals surface area contributed by atoms with E-state index in [0.717, 1.165) is 11.4 Å². The van der Waals surface area contributed by atoms with E-state index in [4.69, 9.17) is 0 Å². The Kier molecular flexibility index (Phi) is 5.85. The van der Waals surface area contributed by atoms with Crippen molar-refractivity contribution >= 4 is 39.1 Å². The zero-order chi connectivity index (χ0) is 20.4. The predicted octanol–water partition coefficient (Wildman–Crippen LogP) is 3.22. The molecule has 2 aromatic carbocycles. The van der Waals surface area contributed by atoms with Crippen LogP contribution in [-0.4, -0.2) is 50.6 Å². The Morgan fingerprint density at radius 2 is 1.59 bits per heavy atom. The standard InChI is InChI=1S/C21H25N3O3S2/c1-29(26,27)23-13-10-16(11-14-23)22-21(25)12-15-24-17-6-2-4-8-19(17)28-20-9-5-3-7-18(20)24/h2-9,16H,10-15H2,1H3,(H,22,25). The molecule has 2 heterocycles. The number of amides is 1. The number of rotatable bonds is 5. The van der Waals surface area contributed by atoms with Gasteiger partial charge in [-0.3, -0.25) is 4.79 Å². The van der Waals surface area contributed by atoms with Crippen molar-refractivity contribution in [3.8, 4) is 0 Å². The molecule has 0 saturated carbocycles. The summed E-state index contributed by atoms with van der Waals surface area (Å²) in [6.45, 7) is 1.53. The minimum atomic E-state index is -3.15. The lowest BCUT2D eigenvalue weighted by molar-refractivity contribution is -0.121. The van der Waals surface area contributed by atoms with E-state index in [1.165, 1.54) is 20.4 Å². The van der Waals surface area contributed by atoms with Crippen LogP contribution in [0, 0.1) is 0 Å². The fraction of sp³-hybridized carbons (Fsp3) is 0.381. The molecule has 0 spiro atoms. The molecule has 0 bridgehead atoms. The third-order valence-electron chi connectivity index (χ3n) is 5.38. The second-order valence-corrected chi connectivity index (χ2v) is 10.5. The molecule has 1 fully saturated rings. The van der Waals surface area contributed by atoms with Crippen molar-refractivity contribution in [2.24, 2.45) is 0 Å². The second-order valence-electron chi connectivity index (χ2n) is 7.44. The Labute approximate surface area is 176 Å². The summed E-state index contributed by atoms with van der Waals surface area (Å²) in [6, 6.07) is 16.6. The average Bonchev–Trinajstić information content (AvgIpc) is 2.71. The molecule has 1 saturated heterocycles. The first-order valence-electron chi connectivity index (χ1n) is 9.80. The zero-order valence-electron chi connectivity index (χ0n) is 16.4. The molecule has 0 atom stereocenters. The lowest BCUT2D eigenvalue weighted by Crippen LogP contribution is -2.46. The van der Waals surface area contributed by atoms with Gasteiger partial charge in [-0.15, -0.1) is 0 Å². The van der Waals surface area contributed by atoms with E-state index in [2.05, 4.69) is 34.5 Å². The van der Waals surface area contributed by atoms with E-state index in [0.29, 0.717) is 38.9 Å². The molecule has 2 aliphatic heterocycles. The first kappa shape index (κ1) is 20.3. The van der Waals surface area contributed by atoms with Crippen molar-refractivity contribution in [3.63, 3.8) is 0 Å². The van der Waals surface area contributed by atoms with Gasteiger partial charge < -0.3 is 10.2 Å². The highest BCUT2D eigenvalue weighted by Gasteiger charge is 2.27. The third kappa shape index (κ3) is 4.60. The summed E-state index contributed by atoms with van der Waals surface area (Å²) < 4.78 is 24.7. The summed E-state index contributed by atoms with van der Waals surface area (Å²) in [5.41, 5.74) is 2.26. The smallest absolute Gasteiger partial charge is 0.222 e. The van der Waals surface area contributed by atoms with Gasteiger partial charge >= 0.3 is 0 Å². The van der Waals surface area contributed by atoms with Crippen molar-refractivity contribution in [2.75, 3.05) is 30.8 Å². The Morgan fingerprint density at radius 3 is 2.14 bits per heavy atom. The number of benzene rings is 2. The van der Waals surface area contributed by atoms with Crippen molar-refractivity contribution in [1.29, 1.82) is 0 Å². The lowest BCUT2D eigenvalue weighted by atomic mass is 10.1. The number of anilines is 2. The van der Waals surface area contributed by atoms with Crippen LogP contribution >= 0.6 is 11.8 Å². The predicted molar refractivity (Wildman–Crippen MR) is 116 cm³/mol. The highest BCUT2D eigenvalue weighted by atomic mass is 32.2. The highest BCUT2D eigenvalue weighted by Crippen LogP contribution is 2.47. The molecule has 154 valence electrons. The number of hydrogen-bond acceptors (Lipinski definition) is 5. The fourth-order valence-corrected chi connectivity index (χ4v) is 5.84. The molecule has 4 rings (SSSR count). The maximum absolute atomic E-state index is 12.6. The Balaban J connectivity index is 1.38. The van der Waals surface area contributed by atoms with E-state index in [1.807, 2.05) is 24.3 Å². The van der Waals surface area contributed by atoms with Gasteiger partial charge in [0.1, 0.15) is 0 Å². The number of sulfonamides is 1. The second kappa shape index (κ2) is 8.38. The molecule has 0 aromatic heterocycles. The highest BCUT2D eigenvalue weighted by molar-refractivity contribution is 7.99. The number of hydrogen-bond donors (Lipinski definition) is 1. The number of fused-ring (bicyclic) bond motifs is 2. The Bertz CT molecular complexity index is 956. The van der Waals surface area contributed by atoms with Crippen LogP contribution in [0.5, 0.6) is 0 Å². The summed E-state index contributed by atoms with van der Waals surface area (Å²) in [6.07, 6.45) is 2.94. The van der Waals surface area contributed by atoms with Crippen LogP contribution in [0.1, 0.15) is 19.3 Å². The molecule has 1 N–H and O–H groups in total. The van der Waals surface area contributed by atoms with Gasteiger partial charge in [-0.05, 0) is 37.1 Å². The fourth-order valence-electron chi connectivity index (χ4n) is 3.87. The number of para-hydroxylation sites is 2. The molecule has 29 heavy (non-hydrogen) atoms. The summed E-state index contributed by atoms with van der Waals surface area (Å²) in [4.78, 5) is 17.2. The van der Waals surface area contributed by atoms with Crippen LogP contribution in [0.4, 0.5) is 11.4 Å². The maximum atomic E-state index is 12.6. The third-order valence-corrected chi connectivity index (χ3v) is 7.82.